The standard InChI is InChI=1S/C10H11NO2/c11-9-4-3-6-1-2-7(10(12)13)5-8(6)9/h1-2,5,9H,3-4,11H2,(H,12,13)/t9-/m1/s1. The summed E-state index contributed by atoms with van der Waals surface area (Å²) in [5.41, 5.74) is 8.34. The van der Waals surface area contributed by atoms with Crippen LogP contribution in [0.25, 0.3) is 0 Å². The average Bonchev–Trinajstić information content (AvgIpc) is 2.47. The highest BCUT2D eigenvalue weighted by Crippen LogP contribution is 2.29. The Morgan fingerprint density at radius 2 is 2.31 bits per heavy atom. The highest BCUT2D eigenvalue weighted by atomic mass is 16.4. The van der Waals surface area contributed by atoms with E-state index in [1.54, 1.807) is 12.1 Å². The molecule has 0 amide bonds. The number of carboxylic acid groups (broad SMARTS) is 1. The van der Waals surface area contributed by atoms with Gasteiger partial charge in [-0.1, -0.05) is 6.07 Å². The molecule has 0 radical (unpaired) electrons. The molecule has 0 aromatic heterocycles. The van der Waals surface area contributed by atoms with Crippen molar-refractivity contribution in [3.05, 3.63) is 34.9 Å². The van der Waals surface area contributed by atoms with E-state index in [0.29, 0.717) is 5.56 Å². The molecule has 0 heterocycles. The van der Waals surface area contributed by atoms with E-state index >= 15 is 0 Å². The molecule has 1 aromatic rings. The molecule has 0 bridgehead atoms. The lowest BCUT2D eigenvalue weighted by Gasteiger charge is -2.04. The number of rotatable bonds is 1. The maximum Gasteiger partial charge on any atom is 0.335 e. The van der Waals surface area contributed by atoms with E-state index in [4.69, 9.17) is 10.8 Å². The van der Waals surface area contributed by atoms with Gasteiger partial charge in [0, 0.05) is 6.04 Å². The van der Waals surface area contributed by atoms with Crippen LogP contribution >= 0.6 is 0 Å². The van der Waals surface area contributed by atoms with Gasteiger partial charge in [0.05, 0.1) is 5.56 Å². The number of benzene rings is 1. The molecule has 0 saturated heterocycles. The lowest BCUT2D eigenvalue weighted by atomic mass is 10.0. The van der Waals surface area contributed by atoms with Crippen molar-refractivity contribution in [2.45, 2.75) is 18.9 Å². The van der Waals surface area contributed by atoms with Gasteiger partial charge in [0.1, 0.15) is 0 Å². The zero-order chi connectivity index (χ0) is 9.42. The second kappa shape index (κ2) is 2.85. The van der Waals surface area contributed by atoms with Crippen molar-refractivity contribution in [3.63, 3.8) is 0 Å². The summed E-state index contributed by atoms with van der Waals surface area (Å²) in [4.78, 5) is 10.7. The Morgan fingerprint density at radius 3 is 3.00 bits per heavy atom. The van der Waals surface area contributed by atoms with E-state index < -0.39 is 5.97 Å². The quantitative estimate of drug-likeness (QED) is 0.680. The summed E-state index contributed by atoms with van der Waals surface area (Å²) in [6.45, 7) is 0. The van der Waals surface area contributed by atoms with E-state index in [0.717, 1.165) is 18.4 Å². The Morgan fingerprint density at radius 1 is 1.54 bits per heavy atom. The summed E-state index contributed by atoms with van der Waals surface area (Å²) >= 11 is 0. The van der Waals surface area contributed by atoms with Crippen LogP contribution in [-0.4, -0.2) is 11.1 Å². The van der Waals surface area contributed by atoms with E-state index in [-0.39, 0.29) is 6.04 Å². The summed E-state index contributed by atoms with van der Waals surface area (Å²) in [7, 11) is 0. The van der Waals surface area contributed by atoms with Crippen LogP contribution in [0.2, 0.25) is 0 Å². The van der Waals surface area contributed by atoms with Gasteiger partial charge in [-0.3, -0.25) is 0 Å². The number of hydrogen-bond donors (Lipinski definition) is 2. The number of carboxylic acids is 1. The smallest absolute Gasteiger partial charge is 0.335 e. The molecule has 68 valence electrons. The van der Waals surface area contributed by atoms with E-state index in [1.807, 2.05) is 6.07 Å². The van der Waals surface area contributed by atoms with Gasteiger partial charge in [-0.25, -0.2) is 4.79 Å². The Balaban J connectivity index is 2.47. The van der Waals surface area contributed by atoms with Crippen LogP contribution in [0.5, 0.6) is 0 Å². The van der Waals surface area contributed by atoms with Gasteiger partial charge < -0.3 is 10.8 Å². The molecule has 3 N–H and O–H groups in total. The number of hydrogen-bond acceptors (Lipinski definition) is 2. The van der Waals surface area contributed by atoms with Crippen LogP contribution in [0.3, 0.4) is 0 Å². The maximum absolute atomic E-state index is 10.7. The first kappa shape index (κ1) is 8.26. The Kier molecular flexibility index (Phi) is 1.81. The SMILES string of the molecule is N[C@@H]1CCc2ccc(C(=O)O)cc21. The number of aryl methyl sites for hydroxylation is 1. The molecule has 1 atom stereocenters. The summed E-state index contributed by atoms with van der Waals surface area (Å²) < 4.78 is 0. The molecule has 0 saturated carbocycles. The first-order valence-corrected chi connectivity index (χ1v) is 4.30. The summed E-state index contributed by atoms with van der Waals surface area (Å²) in [5.74, 6) is -0.887. The number of fused-ring (bicyclic) bond motifs is 1. The topological polar surface area (TPSA) is 63.3 Å². The zero-order valence-electron chi connectivity index (χ0n) is 7.16. The van der Waals surface area contributed by atoms with Crippen molar-refractivity contribution in [1.82, 2.24) is 0 Å². The van der Waals surface area contributed by atoms with Gasteiger partial charge in [-0.05, 0) is 36.1 Å². The van der Waals surface area contributed by atoms with Gasteiger partial charge >= 0.3 is 5.97 Å². The highest BCUT2D eigenvalue weighted by Gasteiger charge is 2.19. The van der Waals surface area contributed by atoms with Crippen molar-refractivity contribution in [3.8, 4) is 0 Å². The lowest BCUT2D eigenvalue weighted by molar-refractivity contribution is 0.0697. The van der Waals surface area contributed by atoms with Crippen LogP contribution in [0.4, 0.5) is 0 Å². The van der Waals surface area contributed by atoms with Gasteiger partial charge in [0.2, 0.25) is 0 Å². The first-order valence-electron chi connectivity index (χ1n) is 4.30. The van der Waals surface area contributed by atoms with Crippen molar-refractivity contribution in [2.24, 2.45) is 5.73 Å². The molecule has 13 heavy (non-hydrogen) atoms. The summed E-state index contributed by atoms with van der Waals surface area (Å²) in [6, 6.07) is 5.22. The fourth-order valence-corrected chi connectivity index (χ4v) is 1.77. The van der Waals surface area contributed by atoms with E-state index in [9.17, 15) is 4.79 Å². The highest BCUT2D eigenvalue weighted by molar-refractivity contribution is 5.88. The summed E-state index contributed by atoms with van der Waals surface area (Å²) in [6.07, 6.45) is 1.90. The Bertz CT molecular complexity index is 360. The fraction of sp³-hybridized carbons (Fsp3) is 0.300. The summed E-state index contributed by atoms with van der Waals surface area (Å²) in [5, 5.41) is 8.76. The normalized spacial score (nSPS) is 19.9. The molecule has 0 fully saturated rings. The van der Waals surface area contributed by atoms with Crippen LogP contribution < -0.4 is 5.73 Å². The molecule has 3 nitrogen and oxygen atoms in total. The van der Waals surface area contributed by atoms with Crippen LogP contribution in [-0.2, 0) is 6.42 Å². The second-order valence-electron chi connectivity index (χ2n) is 3.36. The Hall–Kier alpha value is -1.35. The predicted molar refractivity (Wildman–Crippen MR) is 48.7 cm³/mol. The third-order valence-corrected chi connectivity index (χ3v) is 2.52. The minimum atomic E-state index is -0.887. The Labute approximate surface area is 76.2 Å². The first-order chi connectivity index (χ1) is 6.18. The second-order valence-corrected chi connectivity index (χ2v) is 3.36. The third kappa shape index (κ3) is 1.31. The fourth-order valence-electron chi connectivity index (χ4n) is 1.77. The number of carbonyl (C=O) groups is 1. The van der Waals surface area contributed by atoms with Crippen molar-refractivity contribution < 1.29 is 9.90 Å². The molecular formula is C10H11NO2. The maximum atomic E-state index is 10.7. The molecular weight excluding hydrogens is 166 g/mol. The van der Waals surface area contributed by atoms with Gasteiger partial charge in [0.25, 0.3) is 0 Å². The van der Waals surface area contributed by atoms with Gasteiger partial charge in [-0.2, -0.15) is 0 Å². The third-order valence-electron chi connectivity index (χ3n) is 2.52. The number of nitrogens with two attached hydrogens (primary N) is 1. The molecule has 2 rings (SSSR count). The average molecular weight is 177 g/mol. The van der Waals surface area contributed by atoms with Gasteiger partial charge in [-0.15, -0.1) is 0 Å². The van der Waals surface area contributed by atoms with Crippen LogP contribution in [0.15, 0.2) is 18.2 Å². The van der Waals surface area contributed by atoms with Crippen molar-refractivity contribution in [2.75, 3.05) is 0 Å². The molecule has 0 spiro atoms. The molecule has 1 aromatic carbocycles. The minimum Gasteiger partial charge on any atom is -0.478 e. The van der Waals surface area contributed by atoms with Crippen molar-refractivity contribution in [1.29, 1.82) is 0 Å². The predicted octanol–water partition coefficient (Wildman–Crippen LogP) is 1.33. The monoisotopic (exact) mass is 177 g/mol. The van der Waals surface area contributed by atoms with Crippen LogP contribution in [0.1, 0.15) is 33.9 Å². The van der Waals surface area contributed by atoms with Gasteiger partial charge in [0.15, 0.2) is 0 Å². The molecule has 1 aliphatic rings. The van der Waals surface area contributed by atoms with E-state index in [2.05, 4.69) is 0 Å². The molecule has 0 aliphatic heterocycles. The zero-order valence-corrected chi connectivity index (χ0v) is 7.16. The largest absolute Gasteiger partial charge is 0.478 e. The lowest BCUT2D eigenvalue weighted by Crippen LogP contribution is -2.06. The molecule has 0 unspecified atom stereocenters. The minimum absolute atomic E-state index is 0.0225. The molecule has 3 heteroatoms. The number of aromatic carboxylic acids is 1. The van der Waals surface area contributed by atoms with Crippen molar-refractivity contribution >= 4 is 5.97 Å². The van der Waals surface area contributed by atoms with E-state index in [1.165, 1.54) is 5.56 Å². The van der Waals surface area contributed by atoms with Crippen LogP contribution in [0, 0.1) is 0 Å². The molecule has 1 aliphatic carbocycles.